The molecule has 0 amide bonds. The molecular formula is C14H13O2. The van der Waals surface area contributed by atoms with Gasteiger partial charge in [-0.3, -0.25) is 0 Å². The molecule has 1 radical (unpaired) electrons. The van der Waals surface area contributed by atoms with Crippen LogP contribution in [0.4, 0.5) is 0 Å². The summed E-state index contributed by atoms with van der Waals surface area (Å²) in [6.45, 7) is 0.537. The Morgan fingerprint density at radius 2 is 1.88 bits per heavy atom. The number of hydrogen-bond donors (Lipinski definition) is 0. The summed E-state index contributed by atoms with van der Waals surface area (Å²) in [7, 11) is 1.63. The SMILES string of the molecule is COc1cc[c]cc1OCc1ccccc1. The molecule has 2 aromatic rings. The van der Waals surface area contributed by atoms with Crippen molar-refractivity contribution in [3.8, 4) is 11.5 Å². The van der Waals surface area contributed by atoms with E-state index in [-0.39, 0.29) is 0 Å². The molecule has 0 spiro atoms. The zero-order valence-electron chi connectivity index (χ0n) is 9.14. The summed E-state index contributed by atoms with van der Waals surface area (Å²) in [6, 6.07) is 18.4. The molecule has 0 atom stereocenters. The second-order valence-electron chi connectivity index (χ2n) is 3.35. The smallest absolute Gasteiger partial charge is 0.162 e. The van der Waals surface area contributed by atoms with Crippen molar-refractivity contribution >= 4 is 0 Å². The van der Waals surface area contributed by atoms with Crippen molar-refractivity contribution in [3.05, 3.63) is 60.2 Å². The standard InChI is InChI=1S/C14H13O2/c1-15-13-9-5-6-10-14(13)16-11-12-7-3-2-4-8-12/h2-5,7-10H,11H2,1H3. The quantitative estimate of drug-likeness (QED) is 0.777. The van der Waals surface area contributed by atoms with Gasteiger partial charge in [-0.2, -0.15) is 0 Å². The molecule has 2 heteroatoms. The van der Waals surface area contributed by atoms with Crippen LogP contribution in [0.25, 0.3) is 0 Å². The highest BCUT2D eigenvalue weighted by molar-refractivity contribution is 5.39. The highest BCUT2D eigenvalue weighted by atomic mass is 16.5. The lowest BCUT2D eigenvalue weighted by Gasteiger charge is -2.09. The van der Waals surface area contributed by atoms with E-state index in [2.05, 4.69) is 6.07 Å². The van der Waals surface area contributed by atoms with E-state index in [9.17, 15) is 0 Å². The van der Waals surface area contributed by atoms with E-state index >= 15 is 0 Å². The van der Waals surface area contributed by atoms with Crippen molar-refractivity contribution in [2.75, 3.05) is 7.11 Å². The Balaban J connectivity index is 2.05. The van der Waals surface area contributed by atoms with Crippen molar-refractivity contribution in [1.29, 1.82) is 0 Å². The van der Waals surface area contributed by atoms with E-state index in [0.717, 1.165) is 11.3 Å². The summed E-state index contributed by atoms with van der Waals surface area (Å²) in [4.78, 5) is 0. The van der Waals surface area contributed by atoms with Crippen LogP contribution in [0.2, 0.25) is 0 Å². The normalized spacial score (nSPS) is 9.81. The molecule has 0 unspecified atom stereocenters. The molecule has 16 heavy (non-hydrogen) atoms. The summed E-state index contributed by atoms with van der Waals surface area (Å²) in [5.74, 6) is 1.45. The molecule has 0 aliphatic carbocycles. The molecule has 2 nitrogen and oxygen atoms in total. The first-order valence-electron chi connectivity index (χ1n) is 5.11. The van der Waals surface area contributed by atoms with Gasteiger partial charge in [0.15, 0.2) is 11.5 Å². The molecular weight excluding hydrogens is 200 g/mol. The molecule has 0 aliphatic rings. The molecule has 0 fully saturated rings. The van der Waals surface area contributed by atoms with E-state index in [1.807, 2.05) is 36.4 Å². The van der Waals surface area contributed by atoms with Crippen molar-refractivity contribution < 1.29 is 9.47 Å². The number of hydrogen-bond acceptors (Lipinski definition) is 2. The number of benzene rings is 2. The average Bonchev–Trinajstić information content (AvgIpc) is 2.38. The maximum absolute atomic E-state index is 5.66. The lowest BCUT2D eigenvalue weighted by molar-refractivity contribution is 0.284. The topological polar surface area (TPSA) is 18.5 Å². The lowest BCUT2D eigenvalue weighted by atomic mass is 10.2. The van der Waals surface area contributed by atoms with Crippen molar-refractivity contribution in [3.63, 3.8) is 0 Å². The van der Waals surface area contributed by atoms with E-state index < -0.39 is 0 Å². The van der Waals surface area contributed by atoms with Crippen LogP contribution in [-0.4, -0.2) is 7.11 Å². The molecule has 2 rings (SSSR count). The van der Waals surface area contributed by atoms with Crippen LogP contribution in [0, 0.1) is 6.07 Å². The van der Waals surface area contributed by atoms with E-state index in [1.165, 1.54) is 0 Å². The molecule has 0 saturated carbocycles. The third-order valence-corrected chi connectivity index (χ3v) is 2.25. The van der Waals surface area contributed by atoms with Gasteiger partial charge in [-0.25, -0.2) is 0 Å². The summed E-state index contributed by atoms with van der Waals surface area (Å²) >= 11 is 0. The van der Waals surface area contributed by atoms with Gasteiger partial charge >= 0.3 is 0 Å². The van der Waals surface area contributed by atoms with E-state index in [1.54, 1.807) is 19.2 Å². The summed E-state index contributed by atoms with van der Waals surface area (Å²) in [5, 5.41) is 0. The fourth-order valence-corrected chi connectivity index (χ4v) is 1.42. The first-order chi connectivity index (χ1) is 7.90. The molecule has 0 aromatic heterocycles. The van der Waals surface area contributed by atoms with E-state index in [4.69, 9.17) is 9.47 Å². The third-order valence-electron chi connectivity index (χ3n) is 2.25. The minimum atomic E-state index is 0.537. The van der Waals surface area contributed by atoms with Gasteiger partial charge in [-0.05, 0) is 23.8 Å². The van der Waals surface area contributed by atoms with Gasteiger partial charge in [0.1, 0.15) is 6.61 Å². The largest absolute Gasteiger partial charge is 0.493 e. The Kier molecular flexibility index (Phi) is 3.44. The number of ether oxygens (including phenoxy) is 2. The maximum Gasteiger partial charge on any atom is 0.162 e. The monoisotopic (exact) mass is 213 g/mol. The van der Waals surface area contributed by atoms with Gasteiger partial charge in [0.25, 0.3) is 0 Å². The summed E-state index contributed by atoms with van der Waals surface area (Å²) < 4.78 is 10.8. The maximum atomic E-state index is 5.66. The van der Waals surface area contributed by atoms with Gasteiger partial charge in [-0.15, -0.1) is 0 Å². The molecule has 2 aromatic carbocycles. The predicted octanol–water partition coefficient (Wildman–Crippen LogP) is 3.07. The minimum Gasteiger partial charge on any atom is -0.493 e. The van der Waals surface area contributed by atoms with Crippen molar-refractivity contribution in [2.24, 2.45) is 0 Å². The number of methoxy groups -OCH3 is 1. The summed E-state index contributed by atoms with van der Waals surface area (Å²) in [5.41, 5.74) is 1.13. The second kappa shape index (κ2) is 5.21. The molecule has 0 heterocycles. The fraction of sp³-hybridized carbons (Fsp3) is 0.143. The Morgan fingerprint density at radius 3 is 2.62 bits per heavy atom. The third kappa shape index (κ3) is 2.54. The Hall–Kier alpha value is -1.96. The van der Waals surface area contributed by atoms with Gasteiger partial charge < -0.3 is 9.47 Å². The van der Waals surface area contributed by atoms with Crippen LogP contribution in [0.15, 0.2) is 48.5 Å². The van der Waals surface area contributed by atoms with Crippen LogP contribution in [0.1, 0.15) is 5.56 Å². The van der Waals surface area contributed by atoms with Crippen LogP contribution < -0.4 is 9.47 Å². The van der Waals surface area contributed by atoms with Gasteiger partial charge in [0.05, 0.1) is 7.11 Å². The zero-order valence-corrected chi connectivity index (χ0v) is 9.14. The van der Waals surface area contributed by atoms with E-state index in [0.29, 0.717) is 12.4 Å². The Bertz CT molecular complexity index is 437. The first-order valence-corrected chi connectivity index (χ1v) is 5.11. The molecule has 0 aliphatic heterocycles. The van der Waals surface area contributed by atoms with Gasteiger partial charge in [-0.1, -0.05) is 36.4 Å². The highest BCUT2D eigenvalue weighted by Crippen LogP contribution is 2.26. The Labute approximate surface area is 95.4 Å². The molecule has 81 valence electrons. The molecule has 0 N–H and O–H groups in total. The second-order valence-corrected chi connectivity index (χ2v) is 3.35. The average molecular weight is 213 g/mol. The van der Waals surface area contributed by atoms with Crippen molar-refractivity contribution in [2.45, 2.75) is 6.61 Å². The van der Waals surface area contributed by atoms with Crippen LogP contribution >= 0.6 is 0 Å². The molecule has 0 bridgehead atoms. The van der Waals surface area contributed by atoms with Crippen molar-refractivity contribution in [1.82, 2.24) is 0 Å². The Morgan fingerprint density at radius 1 is 1.06 bits per heavy atom. The zero-order chi connectivity index (χ0) is 11.2. The van der Waals surface area contributed by atoms with Crippen LogP contribution in [-0.2, 0) is 6.61 Å². The fourth-order valence-electron chi connectivity index (χ4n) is 1.42. The van der Waals surface area contributed by atoms with Gasteiger partial charge in [0, 0.05) is 0 Å². The lowest BCUT2D eigenvalue weighted by Crippen LogP contribution is -1.97. The molecule has 0 saturated heterocycles. The predicted molar refractivity (Wildman–Crippen MR) is 62.6 cm³/mol. The van der Waals surface area contributed by atoms with Gasteiger partial charge in [0.2, 0.25) is 0 Å². The highest BCUT2D eigenvalue weighted by Gasteiger charge is 2.02. The van der Waals surface area contributed by atoms with Crippen LogP contribution in [0.5, 0.6) is 11.5 Å². The number of rotatable bonds is 4. The summed E-state index contributed by atoms with van der Waals surface area (Å²) in [6.07, 6.45) is 0. The minimum absolute atomic E-state index is 0.537. The first kappa shape index (κ1) is 10.6. The van der Waals surface area contributed by atoms with Crippen LogP contribution in [0.3, 0.4) is 0 Å².